The number of amides is 1. The Kier molecular flexibility index (Phi) is 4.80. The molecule has 0 radical (unpaired) electrons. The van der Waals surface area contributed by atoms with Crippen LogP contribution in [0.2, 0.25) is 0 Å². The molecule has 0 N–H and O–H groups in total. The van der Waals surface area contributed by atoms with E-state index in [4.69, 9.17) is 4.42 Å². The number of benzene rings is 2. The second-order valence-corrected chi connectivity index (χ2v) is 6.69. The van der Waals surface area contributed by atoms with Crippen molar-refractivity contribution < 1.29 is 22.4 Å². The fourth-order valence-electron chi connectivity index (χ4n) is 3.38. The summed E-state index contributed by atoms with van der Waals surface area (Å²) in [6.45, 7) is 2.28. The lowest BCUT2D eigenvalue weighted by Crippen LogP contribution is -2.48. The summed E-state index contributed by atoms with van der Waals surface area (Å²) in [5, 5.41) is 0. The Hall–Kier alpha value is -2.87. The van der Waals surface area contributed by atoms with Crippen LogP contribution in [0.1, 0.15) is 21.8 Å². The maximum Gasteiger partial charge on any atom is 0.417 e. The van der Waals surface area contributed by atoms with Gasteiger partial charge in [-0.3, -0.25) is 9.69 Å². The number of oxazole rings is 1. The Morgan fingerprint density at radius 3 is 2.39 bits per heavy atom. The molecule has 5 nitrogen and oxygen atoms in total. The Balaban J connectivity index is 1.41. The number of carbonyl (C=O) groups excluding carboxylic acids is 1. The first-order valence-corrected chi connectivity index (χ1v) is 8.94. The highest BCUT2D eigenvalue weighted by atomic mass is 19.4. The van der Waals surface area contributed by atoms with E-state index in [9.17, 15) is 18.0 Å². The van der Waals surface area contributed by atoms with Gasteiger partial charge in [-0.15, -0.1) is 0 Å². The summed E-state index contributed by atoms with van der Waals surface area (Å²) in [6, 6.07) is 12.4. The van der Waals surface area contributed by atoms with Gasteiger partial charge in [-0.2, -0.15) is 13.2 Å². The molecule has 0 aliphatic carbocycles. The molecule has 1 aliphatic heterocycles. The van der Waals surface area contributed by atoms with Gasteiger partial charge in [-0.05, 0) is 24.3 Å². The second-order valence-electron chi connectivity index (χ2n) is 6.69. The van der Waals surface area contributed by atoms with Crippen molar-refractivity contribution in [3.63, 3.8) is 0 Å². The predicted molar refractivity (Wildman–Crippen MR) is 96.6 cm³/mol. The first-order valence-electron chi connectivity index (χ1n) is 8.94. The number of halogens is 3. The van der Waals surface area contributed by atoms with E-state index in [1.807, 2.05) is 24.3 Å². The van der Waals surface area contributed by atoms with Crippen LogP contribution in [-0.2, 0) is 12.7 Å². The lowest BCUT2D eigenvalue weighted by molar-refractivity contribution is -0.138. The molecule has 0 atom stereocenters. The molecule has 3 aromatic rings. The van der Waals surface area contributed by atoms with Crippen LogP contribution in [0, 0.1) is 0 Å². The molecular weight excluding hydrogens is 371 g/mol. The minimum atomic E-state index is -4.55. The average molecular weight is 389 g/mol. The van der Waals surface area contributed by atoms with Crippen molar-refractivity contribution in [1.29, 1.82) is 0 Å². The smallest absolute Gasteiger partial charge is 0.417 e. The van der Waals surface area contributed by atoms with Gasteiger partial charge in [0, 0.05) is 26.2 Å². The van der Waals surface area contributed by atoms with Crippen molar-refractivity contribution in [3.8, 4) is 0 Å². The SMILES string of the molecule is O=C(c1ccccc1C(F)(F)F)N1CCN(Cc2nc3ccccc3o2)CC1. The molecule has 0 bridgehead atoms. The number of aromatic nitrogens is 1. The monoisotopic (exact) mass is 389 g/mol. The number of para-hydroxylation sites is 2. The number of carbonyl (C=O) groups is 1. The molecule has 28 heavy (non-hydrogen) atoms. The molecule has 1 saturated heterocycles. The topological polar surface area (TPSA) is 49.6 Å². The number of fused-ring (bicyclic) bond motifs is 1. The van der Waals surface area contributed by atoms with E-state index in [2.05, 4.69) is 9.88 Å². The van der Waals surface area contributed by atoms with E-state index in [-0.39, 0.29) is 5.56 Å². The largest absolute Gasteiger partial charge is 0.439 e. The molecule has 2 heterocycles. The number of hydrogen-bond donors (Lipinski definition) is 0. The highest BCUT2D eigenvalue weighted by Gasteiger charge is 2.36. The summed E-state index contributed by atoms with van der Waals surface area (Å²) in [7, 11) is 0. The normalized spacial score (nSPS) is 15.9. The fraction of sp³-hybridized carbons (Fsp3) is 0.300. The van der Waals surface area contributed by atoms with E-state index in [0.29, 0.717) is 38.6 Å². The summed E-state index contributed by atoms with van der Waals surface area (Å²) in [6.07, 6.45) is -4.55. The predicted octanol–water partition coefficient (Wildman–Crippen LogP) is 3.80. The summed E-state index contributed by atoms with van der Waals surface area (Å²) >= 11 is 0. The standard InChI is InChI=1S/C20H18F3N3O2/c21-20(22,23)15-6-2-1-5-14(15)19(27)26-11-9-25(10-12-26)13-18-24-16-7-3-4-8-17(16)28-18/h1-8H,9-13H2. The van der Waals surface area contributed by atoms with E-state index in [0.717, 1.165) is 17.2 Å². The van der Waals surface area contributed by atoms with Crippen LogP contribution in [0.5, 0.6) is 0 Å². The van der Waals surface area contributed by atoms with Crippen LogP contribution in [0.4, 0.5) is 13.2 Å². The number of piperazine rings is 1. The van der Waals surface area contributed by atoms with Gasteiger partial charge in [0.15, 0.2) is 5.58 Å². The molecule has 1 amide bonds. The number of hydrogen-bond acceptors (Lipinski definition) is 4. The minimum absolute atomic E-state index is 0.303. The molecule has 0 saturated carbocycles. The molecule has 2 aromatic carbocycles. The zero-order valence-corrected chi connectivity index (χ0v) is 14.9. The van der Waals surface area contributed by atoms with E-state index >= 15 is 0 Å². The highest BCUT2D eigenvalue weighted by Crippen LogP contribution is 2.32. The first-order chi connectivity index (χ1) is 13.4. The first kappa shape index (κ1) is 18.5. The fourth-order valence-corrected chi connectivity index (χ4v) is 3.38. The third kappa shape index (κ3) is 3.73. The molecule has 1 aromatic heterocycles. The molecule has 8 heteroatoms. The quantitative estimate of drug-likeness (QED) is 0.684. The van der Waals surface area contributed by atoms with Gasteiger partial charge < -0.3 is 9.32 Å². The van der Waals surface area contributed by atoms with Gasteiger partial charge in [-0.1, -0.05) is 24.3 Å². The third-order valence-electron chi connectivity index (χ3n) is 4.82. The van der Waals surface area contributed by atoms with Crippen molar-refractivity contribution in [2.75, 3.05) is 26.2 Å². The van der Waals surface area contributed by atoms with Crippen LogP contribution in [-0.4, -0.2) is 46.9 Å². The average Bonchev–Trinajstić information content (AvgIpc) is 3.09. The van der Waals surface area contributed by atoms with Gasteiger partial charge in [0.1, 0.15) is 5.52 Å². The third-order valence-corrected chi connectivity index (χ3v) is 4.82. The minimum Gasteiger partial charge on any atom is -0.439 e. The molecular formula is C20H18F3N3O2. The van der Waals surface area contributed by atoms with Gasteiger partial charge in [0.2, 0.25) is 5.89 Å². The molecule has 146 valence electrons. The second kappa shape index (κ2) is 7.27. The Bertz CT molecular complexity index is 959. The van der Waals surface area contributed by atoms with Gasteiger partial charge >= 0.3 is 6.18 Å². The Labute approximate surface area is 159 Å². The Morgan fingerprint density at radius 2 is 1.68 bits per heavy atom. The van der Waals surface area contributed by atoms with Gasteiger partial charge in [0.25, 0.3) is 5.91 Å². The van der Waals surface area contributed by atoms with Crippen molar-refractivity contribution >= 4 is 17.0 Å². The van der Waals surface area contributed by atoms with E-state index in [1.165, 1.54) is 23.1 Å². The van der Waals surface area contributed by atoms with Crippen molar-refractivity contribution in [1.82, 2.24) is 14.8 Å². The number of alkyl halides is 3. The zero-order valence-electron chi connectivity index (χ0n) is 14.9. The Morgan fingerprint density at radius 1 is 1.00 bits per heavy atom. The lowest BCUT2D eigenvalue weighted by atomic mass is 10.1. The number of rotatable bonds is 3. The zero-order chi connectivity index (χ0) is 19.7. The van der Waals surface area contributed by atoms with E-state index < -0.39 is 17.6 Å². The lowest BCUT2D eigenvalue weighted by Gasteiger charge is -2.34. The van der Waals surface area contributed by atoms with Crippen LogP contribution in [0.25, 0.3) is 11.1 Å². The summed E-state index contributed by atoms with van der Waals surface area (Å²) in [5.41, 5.74) is 0.307. The van der Waals surface area contributed by atoms with Gasteiger partial charge in [-0.25, -0.2) is 4.98 Å². The molecule has 4 rings (SSSR count). The molecule has 0 spiro atoms. The van der Waals surface area contributed by atoms with E-state index in [1.54, 1.807) is 0 Å². The van der Waals surface area contributed by atoms with Crippen LogP contribution >= 0.6 is 0 Å². The number of nitrogens with zero attached hydrogens (tertiary/aromatic N) is 3. The van der Waals surface area contributed by atoms with Crippen LogP contribution < -0.4 is 0 Å². The van der Waals surface area contributed by atoms with Crippen molar-refractivity contribution in [2.45, 2.75) is 12.7 Å². The summed E-state index contributed by atoms with van der Waals surface area (Å²) < 4.78 is 45.2. The van der Waals surface area contributed by atoms with Gasteiger partial charge in [0.05, 0.1) is 17.7 Å². The maximum atomic E-state index is 13.2. The van der Waals surface area contributed by atoms with Crippen LogP contribution in [0.3, 0.4) is 0 Å². The van der Waals surface area contributed by atoms with Crippen molar-refractivity contribution in [3.05, 3.63) is 65.5 Å². The van der Waals surface area contributed by atoms with Crippen LogP contribution in [0.15, 0.2) is 52.9 Å². The molecule has 1 aliphatic rings. The highest BCUT2D eigenvalue weighted by molar-refractivity contribution is 5.96. The summed E-state index contributed by atoms with van der Waals surface area (Å²) in [4.78, 5) is 20.6. The molecule has 1 fully saturated rings. The van der Waals surface area contributed by atoms with Crippen molar-refractivity contribution in [2.24, 2.45) is 0 Å². The molecule has 0 unspecified atom stereocenters. The summed E-state index contributed by atoms with van der Waals surface area (Å²) in [5.74, 6) is -0.00201. The maximum absolute atomic E-state index is 13.2.